The van der Waals surface area contributed by atoms with Crippen LogP contribution in [0.25, 0.3) is 11.0 Å². The van der Waals surface area contributed by atoms with Crippen molar-refractivity contribution in [2.24, 2.45) is 0 Å². The molecule has 0 fully saturated rings. The van der Waals surface area contributed by atoms with Gasteiger partial charge >= 0.3 is 0 Å². The van der Waals surface area contributed by atoms with Gasteiger partial charge in [-0.05, 0) is 38.1 Å². The summed E-state index contributed by atoms with van der Waals surface area (Å²) in [5, 5.41) is 10.7. The summed E-state index contributed by atoms with van der Waals surface area (Å²) in [7, 11) is 0. The molecule has 1 unspecified atom stereocenters. The normalized spacial score (nSPS) is 12.3. The second kappa shape index (κ2) is 6.35. The van der Waals surface area contributed by atoms with Crippen LogP contribution in [0.2, 0.25) is 0 Å². The standard InChI is InChI=1S/C17H16F2N4O/c1-3-23-16-7-4-11(8-15(16)21-22-23)17(24)20-10(2)13-6-5-12(18)9-14(13)19/h4-10H,3H2,1-2H3,(H,20,24). The SMILES string of the molecule is CCn1nnc2cc(C(=O)NC(C)c3ccc(F)cc3F)ccc21. The summed E-state index contributed by atoms with van der Waals surface area (Å²) >= 11 is 0. The topological polar surface area (TPSA) is 59.8 Å². The molecule has 0 aliphatic heterocycles. The van der Waals surface area contributed by atoms with Gasteiger partial charge in [0.1, 0.15) is 17.2 Å². The first kappa shape index (κ1) is 16.0. The van der Waals surface area contributed by atoms with Crippen molar-refractivity contribution in [2.75, 3.05) is 0 Å². The molecule has 3 rings (SSSR count). The summed E-state index contributed by atoms with van der Waals surface area (Å²) in [5.41, 5.74) is 2.08. The molecular formula is C17H16F2N4O. The lowest BCUT2D eigenvalue weighted by Crippen LogP contribution is -2.27. The molecule has 124 valence electrons. The van der Waals surface area contributed by atoms with Crippen LogP contribution < -0.4 is 5.32 Å². The Morgan fingerprint density at radius 2 is 2.04 bits per heavy atom. The number of aryl methyl sites for hydroxylation is 1. The Bertz CT molecular complexity index is 907. The van der Waals surface area contributed by atoms with Gasteiger partial charge in [-0.25, -0.2) is 13.5 Å². The molecular weight excluding hydrogens is 314 g/mol. The Morgan fingerprint density at radius 3 is 2.75 bits per heavy atom. The summed E-state index contributed by atoms with van der Waals surface area (Å²) in [4.78, 5) is 12.4. The number of carbonyl (C=O) groups excluding carboxylic acids is 1. The highest BCUT2D eigenvalue weighted by atomic mass is 19.1. The van der Waals surface area contributed by atoms with E-state index in [1.165, 1.54) is 6.07 Å². The highest BCUT2D eigenvalue weighted by Crippen LogP contribution is 2.19. The lowest BCUT2D eigenvalue weighted by atomic mass is 10.1. The number of hydrogen-bond donors (Lipinski definition) is 1. The molecule has 1 amide bonds. The largest absolute Gasteiger partial charge is 0.345 e. The number of nitrogens with zero attached hydrogens (tertiary/aromatic N) is 3. The van der Waals surface area contributed by atoms with E-state index in [4.69, 9.17) is 0 Å². The first-order valence-corrected chi connectivity index (χ1v) is 7.58. The number of hydrogen-bond acceptors (Lipinski definition) is 3. The molecule has 3 aromatic rings. The smallest absolute Gasteiger partial charge is 0.251 e. The number of carbonyl (C=O) groups is 1. The minimum atomic E-state index is -0.691. The van der Waals surface area contributed by atoms with Crippen LogP contribution in [0.5, 0.6) is 0 Å². The second-order valence-corrected chi connectivity index (χ2v) is 5.47. The zero-order valence-electron chi connectivity index (χ0n) is 13.3. The van der Waals surface area contributed by atoms with Gasteiger partial charge in [-0.3, -0.25) is 4.79 Å². The molecule has 24 heavy (non-hydrogen) atoms. The van der Waals surface area contributed by atoms with Crippen LogP contribution in [-0.2, 0) is 6.54 Å². The fourth-order valence-electron chi connectivity index (χ4n) is 2.56. The summed E-state index contributed by atoms with van der Waals surface area (Å²) in [6.07, 6.45) is 0. The van der Waals surface area contributed by atoms with E-state index in [9.17, 15) is 13.6 Å². The second-order valence-electron chi connectivity index (χ2n) is 5.47. The molecule has 0 aliphatic carbocycles. The first-order chi connectivity index (χ1) is 11.5. The quantitative estimate of drug-likeness (QED) is 0.799. The van der Waals surface area contributed by atoms with E-state index in [2.05, 4.69) is 15.6 Å². The van der Waals surface area contributed by atoms with E-state index in [0.29, 0.717) is 17.6 Å². The lowest BCUT2D eigenvalue weighted by molar-refractivity contribution is 0.0939. The third-order valence-electron chi connectivity index (χ3n) is 3.85. The maximum Gasteiger partial charge on any atom is 0.251 e. The van der Waals surface area contributed by atoms with Crippen molar-refractivity contribution >= 4 is 16.9 Å². The third kappa shape index (κ3) is 2.97. The molecule has 0 saturated heterocycles. The maximum atomic E-state index is 13.8. The van der Waals surface area contributed by atoms with Gasteiger partial charge < -0.3 is 5.32 Å². The Morgan fingerprint density at radius 1 is 1.25 bits per heavy atom. The van der Waals surface area contributed by atoms with E-state index >= 15 is 0 Å². The summed E-state index contributed by atoms with van der Waals surface area (Å²) < 4.78 is 28.5. The predicted octanol–water partition coefficient (Wildman–Crippen LogP) is 3.22. The lowest BCUT2D eigenvalue weighted by Gasteiger charge is -2.15. The van der Waals surface area contributed by atoms with Gasteiger partial charge in [0.05, 0.1) is 11.6 Å². The summed E-state index contributed by atoms with van der Waals surface area (Å²) in [5.74, 6) is -1.71. The van der Waals surface area contributed by atoms with E-state index in [1.807, 2.05) is 6.92 Å². The Balaban J connectivity index is 1.81. The molecule has 1 atom stereocenters. The molecule has 0 radical (unpaired) electrons. The zero-order chi connectivity index (χ0) is 17.3. The van der Waals surface area contributed by atoms with Crippen molar-refractivity contribution in [3.63, 3.8) is 0 Å². The third-order valence-corrected chi connectivity index (χ3v) is 3.85. The Kier molecular flexibility index (Phi) is 4.24. The van der Waals surface area contributed by atoms with Crippen LogP contribution in [-0.4, -0.2) is 20.9 Å². The average molecular weight is 330 g/mol. The van der Waals surface area contributed by atoms with Gasteiger partial charge in [0, 0.05) is 23.7 Å². The fraction of sp³-hybridized carbons (Fsp3) is 0.235. The van der Waals surface area contributed by atoms with Crippen molar-refractivity contribution in [3.8, 4) is 0 Å². The summed E-state index contributed by atoms with van der Waals surface area (Å²) in [6, 6.07) is 7.77. The van der Waals surface area contributed by atoms with Crippen LogP contribution in [0.1, 0.15) is 35.8 Å². The van der Waals surface area contributed by atoms with Crippen molar-refractivity contribution in [3.05, 3.63) is 59.2 Å². The Labute approximate surface area is 137 Å². The molecule has 1 N–H and O–H groups in total. The van der Waals surface area contributed by atoms with Crippen molar-refractivity contribution < 1.29 is 13.6 Å². The molecule has 5 nitrogen and oxygen atoms in total. The fourth-order valence-corrected chi connectivity index (χ4v) is 2.56. The minimum absolute atomic E-state index is 0.225. The average Bonchev–Trinajstić information content (AvgIpc) is 2.96. The van der Waals surface area contributed by atoms with E-state index in [1.54, 1.807) is 29.8 Å². The molecule has 1 aromatic heterocycles. The predicted molar refractivity (Wildman–Crippen MR) is 85.4 cm³/mol. The first-order valence-electron chi connectivity index (χ1n) is 7.58. The number of benzene rings is 2. The van der Waals surface area contributed by atoms with Crippen LogP contribution in [0.3, 0.4) is 0 Å². The van der Waals surface area contributed by atoms with Crippen LogP contribution in [0, 0.1) is 11.6 Å². The van der Waals surface area contributed by atoms with Crippen LogP contribution in [0.15, 0.2) is 36.4 Å². The molecule has 0 saturated carbocycles. The van der Waals surface area contributed by atoms with Crippen LogP contribution in [0.4, 0.5) is 8.78 Å². The van der Waals surface area contributed by atoms with Crippen LogP contribution >= 0.6 is 0 Å². The molecule has 0 spiro atoms. The van der Waals surface area contributed by atoms with Gasteiger partial charge in [-0.2, -0.15) is 0 Å². The highest BCUT2D eigenvalue weighted by Gasteiger charge is 2.16. The summed E-state index contributed by atoms with van der Waals surface area (Å²) in [6.45, 7) is 4.27. The van der Waals surface area contributed by atoms with Gasteiger partial charge in [0.15, 0.2) is 0 Å². The van der Waals surface area contributed by atoms with E-state index in [0.717, 1.165) is 17.6 Å². The number of fused-ring (bicyclic) bond motifs is 1. The molecule has 7 heteroatoms. The van der Waals surface area contributed by atoms with Gasteiger partial charge in [-0.1, -0.05) is 11.3 Å². The number of aromatic nitrogens is 3. The van der Waals surface area contributed by atoms with Crippen molar-refractivity contribution in [2.45, 2.75) is 26.4 Å². The zero-order valence-corrected chi connectivity index (χ0v) is 13.3. The minimum Gasteiger partial charge on any atom is -0.345 e. The number of amides is 1. The van der Waals surface area contributed by atoms with Crippen molar-refractivity contribution in [1.82, 2.24) is 20.3 Å². The molecule has 0 bridgehead atoms. The van der Waals surface area contributed by atoms with E-state index in [-0.39, 0.29) is 11.5 Å². The van der Waals surface area contributed by atoms with Gasteiger partial charge in [0.25, 0.3) is 5.91 Å². The van der Waals surface area contributed by atoms with Gasteiger partial charge in [-0.15, -0.1) is 5.10 Å². The molecule has 1 heterocycles. The number of nitrogens with one attached hydrogen (secondary N) is 1. The number of halogens is 2. The maximum absolute atomic E-state index is 13.8. The molecule has 2 aromatic carbocycles. The monoisotopic (exact) mass is 330 g/mol. The van der Waals surface area contributed by atoms with E-state index < -0.39 is 17.7 Å². The highest BCUT2D eigenvalue weighted by molar-refractivity contribution is 5.97. The molecule has 0 aliphatic rings. The number of rotatable bonds is 4. The van der Waals surface area contributed by atoms with Crippen molar-refractivity contribution in [1.29, 1.82) is 0 Å². The van der Waals surface area contributed by atoms with Gasteiger partial charge in [0.2, 0.25) is 0 Å². The Hall–Kier alpha value is -2.83.